The van der Waals surface area contributed by atoms with E-state index >= 15 is 0 Å². The molecule has 2 heterocycles. The molecular weight excluding hydrogens is 319 g/mol. The van der Waals surface area contributed by atoms with Crippen LogP contribution in [0, 0.1) is 24.1 Å². The number of benzene rings is 1. The quantitative estimate of drug-likeness (QED) is 0.771. The van der Waals surface area contributed by atoms with E-state index in [-0.39, 0.29) is 18.3 Å². The normalized spacial score (nSPS) is 19.0. The molecule has 0 saturated carbocycles. The van der Waals surface area contributed by atoms with Crippen LogP contribution >= 0.6 is 0 Å². The van der Waals surface area contributed by atoms with E-state index in [9.17, 15) is 9.50 Å². The number of hydrogen-bond donors (Lipinski definition) is 2. The van der Waals surface area contributed by atoms with E-state index in [0.717, 1.165) is 28.2 Å². The van der Waals surface area contributed by atoms with Crippen LogP contribution in [0.25, 0.3) is 5.65 Å². The molecule has 126 valence electrons. The molecule has 2 unspecified atom stereocenters. The van der Waals surface area contributed by atoms with Crippen molar-refractivity contribution in [2.75, 3.05) is 5.32 Å². The first-order valence-electron chi connectivity index (χ1n) is 8.15. The van der Waals surface area contributed by atoms with E-state index in [0.29, 0.717) is 12.1 Å². The number of anilines is 1. The number of fused-ring (bicyclic) bond motifs is 2. The second-order valence-electron chi connectivity index (χ2n) is 6.33. The summed E-state index contributed by atoms with van der Waals surface area (Å²) in [4.78, 5) is 4.58. The van der Waals surface area contributed by atoms with E-state index in [1.54, 1.807) is 6.07 Å². The topological polar surface area (TPSA) is 73.3 Å². The number of nitrogens with zero attached hydrogens (tertiary/aromatic N) is 3. The molecule has 2 aromatic heterocycles. The molecule has 1 aliphatic rings. The third-order valence-electron chi connectivity index (χ3n) is 4.76. The first-order chi connectivity index (χ1) is 12.1. The Hall–Kier alpha value is -2.91. The summed E-state index contributed by atoms with van der Waals surface area (Å²) in [5.41, 5.74) is 4.88. The second-order valence-corrected chi connectivity index (χ2v) is 6.33. The number of aromatic nitrogens is 2. The van der Waals surface area contributed by atoms with Gasteiger partial charge in [-0.05, 0) is 42.3 Å². The standard InChI is InChI=1S/C19H17FN4O/c1-11-16(6-7-21)24-8-2-3-15(19(24)22-11)23-18-14-5-4-13(20)9-12(14)10-17(18)25/h2-5,8-9,17-18,23,25H,6,10H2,1H3. The van der Waals surface area contributed by atoms with E-state index < -0.39 is 6.10 Å². The summed E-state index contributed by atoms with van der Waals surface area (Å²) >= 11 is 0. The molecule has 0 saturated heterocycles. The molecule has 0 radical (unpaired) electrons. The Kier molecular flexibility index (Phi) is 3.66. The van der Waals surface area contributed by atoms with Gasteiger partial charge in [-0.2, -0.15) is 5.26 Å². The molecular formula is C19H17FN4O. The average molecular weight is 336 g/mol. The highest BCUT2D eigenvalue weighted by Crippen LogP contribution is 2.35. The Morgan fingerprint density at radius 1 is 1.44 bits per heavy atom. The number of imidazole rings is 1. The van der Waals surface area contributed by atoms with Crippen molar-refractivity contribution in [2.24, 2.45) is 0 Å². The summed E-state index contributed by atoms with van der Waals surface area (Å²) in [6.45, 7) is 1.88. The molecule has 0 fully saturated rings. The van der Waals surface area contributed by atoms with Crippen LogP contribution in [-0.2, 0) is 12.8 Å². The smallest absolute Gasteiger partial charge is 0.160 e. The third kappa shape index (κ3) is 2.53. The Labute approximate surface area is 144 Å². The van der Waals surface area contributed by atoms with Crippen LogP contribution in [0.4, 0.5) is 10.1 Å². The number of aliphatic hydroxyl groups excluding tert-OH is 1. The Bertz CT molecular complexity index is 1000. The molecule has 0 amide bonds. The minimum Gasteiger partial charge on any atom is -0.390 e. The fraction of sp³-hybridized carbons (Fsp3) is 0.263. The van der Waals surface area contributed by atoms with Crippen LogP contribution in [0.2, 0.25) is 0 Å². The number of nitrogens with one attached hydrogen (secondary N) is 1. The highest BCUT2D eigenvalue weighted by Gasteiger charge is 2.31. The molecule has 1 aromatic carbocycles. The lowest BCUT2D eigenvalue weighted by Gasteiger charge is -2.19. The summed E-state index contributed by atoms with van der Waals surface area (Å²) < 4.78 is 15.3. The van der Waals surface area contributed by atoms with E-state index in [1.165, 1.54) is 12.1 Å². The molecule has 1 aliphatic carbocycles. The Balaban J connectivity index is 1.75. The molecule has 4 rings (SSSR count). The summed E-state index contributed by atoms with van der Waals surface area (Å²) in [7, 11) is 0. The molecule has 0 aliphatic heterocycles. The van der Waals surface area contributed by atoms with Gasteiger partial charge in [-0.3, -0.25) is 0 Å². The minimum absolute atomic E-state index is 0.282. The zero-order valence-corrected chi connectivity index (χ0v) is 13.7. The van der Waals surface area contributed by atoms with Gasteiger partial charge in [0.25, 0.3) is 0 Å². The molecule has 0 spiro atoms. The van der Waals surface area contributed by atoms with Crippen LogP contribution < -0.4 is 5.32 Å². The van der Waals surface area contributed by atoms with Gasteiger partial charge in [-0.1, -0.05) is 6.07 Å². The van der Waals surface area contributed by atoms with Crippen LogP contribution in [-0.4, -0.2) is 20.6 Å². The van der Waals surface area contributed by atoms with Gasteiger partial charge < -0.3 is 14.8 Å². The summed E-state index contributed by atoms with van der Waals surface area (Å²) in [5.74, 6) is -0.293. The summed E-state index contributed by atoms with van der Waals surface area (Å²) in [6, 6.07) is 10.2. The molecule has 2 atom stereocenters. The number of aliphatic hydroxyl groups is 1. The summed E-state index contributed by atoms with van der Waals surface area (Å²) in [6.07, 6.45) is 1.94. The molecule has 2 N–H and O–H groups in total. The van der Waals surface area contributed by atoms with Crippen molar-refractivity contribution < 1.29 is 9.50 Å². The number of nitriles is 1. The van der Waals surface area contributed by atoms with Gasteiger partial charge in [-0.25, -0.2) is 9.37 Å². The molecule has 3 aromatic rings. The number of halogens is 1. The maximum Gasteiger partial charge on any atom is 0.160 e. The van der Waals surface area contributed by atoms with Gasteiger partial charge in [0.05, 0.1) is 41.7 Å². The maximum atomic E-state index is 13.4. The second kappa shape index (κ2) is 5.87. The zero-order chi connectivity index (χ0) is 17.6. The van der Waals surface area contributed by atoms with Gasteiger partial charge in [0.2, 0.25) is 0 Å². The number of hydrogen-bond acceptors (Lipinski definition) is 4. The van der Waals surface area contributed by atoms with Crippen LogP contribution in [0.1, 0.15) is 28.6 Å². The van der Waals surface area contributed by atoms with Crippen molar-refractivity contribution in [3.8, 4) is 6.07 Å². The van der Waals surface area contributed by atoms with Gasteiger partial charge in [0.15, 0.2) is 5.65 Å². The van der Waals surface area contributed by atoms with Crippen LogP contribution in [0.3, 0.4) is 0 Å². The fourth-order valence-corrected chi connectivity index (χ4v) is 3.58. The molecule has 0 bridgehead atoms. The van der Waals surface area contributed by atoms with Gasteiger partial charge >= 0.3 is 0 Å². The van der Waals surface area contributed by atoms with Gasteiger partial charge in [0.1, 0.15) is 5.82 Å². The van der Waals surface area contributed by atoms with Crippen LogP contribution in [0.15, 0.2) is 36.5 Å². The minimum atomic E-state index is -0.633. The largest absolute Gasteiger partial charge is 0.390 e. The Morgan fingerprint density at radius 2 is 2.28 bits per heavy atom. The van der Waals surface area contributed by atoms with Crippen molar-refractivity contribution in [3.63, 3.8) is 0 Å². The van der Waals surface area contributed by atoms with E-state index in [4.69, 9.17) is 5.26 Å². The highest BCUT2D eigenvalue weighted by molar-refractivity contribution is 5.70. The lowest BCUT2D eigenvalue weighted by atomic mass is 10.1. The van der Waals surface area contributed by atoms with Gasteiger partial charge in [0, 0.05) is 12.6 Å². The monoisotopic (exact) mass is 336 g/mol. The van der Waals surface area contributed by atoms with Crippen molar-refractivity contribution in [1.82, 2.24) is 9.38 Å². The predicted molar refractivity (Wildman–Crippen MR) is 91.7 cm³/mol. The first kappa shape index (κ1) is 15.6. The molecule has 6 heteroatoms. The van der Waals surface area contributed by atoms with Gasteiger partial charge in [-0.15, -0.1) is 0 Å². The zero-order valence-electron chi connectivity index (χ0n) is 13.7. The predicted octanol–water partition coefficient (Wildman–Crippen LogP) is 2.92. The summed E-state index contributed by atoms with van der Waals surface area (Å²) in [5, 5.41) is 22.8. The van der Waals surface area contributed by atoms with Crippen molar-refractivity contribution in [1.29, 1.82) is 5.26 Å². The van der Waals surface area contributed by atoms with Crippen LogP contribution in [0.5, 0.6) is 0 Å². The SMILES string of the molecule is Cc1nc2c(NC3c4ccc(F)cc4CC3O)cccn2c1CC#N. The molecule has 25 heavy (non-hydrogen) atoms. The Morgan fingerprint density at radius 3 is 3.08 bits per heavy atom. The van der Waals surface area contributed by atoms with Crippen molar-refractivity contribution in [2.45, 2.75) is 31.9 Å². The number of aryl methyl sites for hydroxylation is 1. The average Bonchev–Trinajstić information content (AvgIpc) is 3.06. The lowest BCUT2D eigenvalue weighted by molar-refractivity contribution is 0.166. The number of pyridine rings is 1. The van der Waals surface area contributed by atoms with E-state index in [2.05, 4.69) is 16.4 Å². The van der Waals surface area contributed by atoms with Crippen molar-refractivity contribution in [3.05, 3.63) is 64.9 Å². The number of rotatable bonds is 3. The third-order valence-corrected chi connectivity index (χ3v) is 4.76. The lowest BCUT2D eigenvalue weighted by Crippen LogP contribution is -2.21. The molecule has 5 nitrogen and oxygen atoms in total. The fourth-order valence-electron chi connectivity index (χ4n) is 3.58. The van der Waals surface area contributed by atoms with Crippen molar-refractivity contribution >= 4 is 11.3 Å². The first-order valence-corrected chi connectivity index (χ1v) is 8.15. The maximum absolute atomic E-state index is 13.4. The highest BCUT2D eigenvalue weighted by atomic mass is 19.1. The van der Waals surface area contributed by atoms with E-state index in [1.807, 2.05) is 29.7 Å².